The molecule has 1 amide bonds. The van der Waals surface area contributed by atoms with Crippen LogP contribution in [0, 0.1) is 5.92 Å². The molecule has 1 rings (SSSR count). The molecule has 5 nitrogen and oxygen atoms in total. The van der Waals surface area contributed by atoms with Gasteiger partial charge in [-0.05, 0) is 18.8 Å². The predicted molar refractivity (Wildman–Crippen MR) is 65.1 cm³/mol. The molecule has 0 saturated heterocycles. The second-order valence-corrected chi connectivity index (χ2v) is 6.32. The first kappa shape index (κ1) is 14.2. The van der Waals surface area contributed by atoms with Crippen molar-refractivity contribution in [2.24, 2.45) is 5.92 Å². The molecule has 0 aromatic carbocycles. The summed E-state index contributed by atoms with van der Waals surface area (Å²) in [6.07, 6.45) is 1.98. The molecule has 2 atom stereocenters. The first-order chi connectivity index (χ1) is 7.84. The maximum Gasteiger partial charge on any atom is 0.319 e. The minimum absolute atomic E-state index is 0.192. The normalized spacial score (nSPS) is 18.8. The van der Waals surface area contributed by atoms with Gasteiger partial charge in [-0.3, -0.25) is 13.8 Å². The number of hydrogen-bond donors (Lipinski definition) is 1. The third kappa shape index (κ3) is 3.80. The Hall–Kier alpha value is -0.910. The van der Waals surface area contributed by atoms with Crippen LogP contribution in [-0.4, -0.2) is 50.2 Å². The van der Waals surface area contributed by atoms with Gasteiger partial charge in [0.05, 0.1) is 0 Å². The van der Waals surface area contributed by atoms with Crippen molar-refractivity contribution >= 4 is 22.7 Å². The molecule has 0 radical (unpaired) electrons. The van der Waals surface area contributed by atoms with Crippen LogP contribution in [0.2, 0.25) is 0 Å². The number of aliphatic carboxylic acids is 1. The quantitative estimate of drug-likeness (QED) is 0.754. The standard InChI is InChI=1S/C11H19NO4S/c1-7(2)10(11(14)15)17(16)6-9(13)12(3)8-4-5-8/h7-8,10H,4-6H2,1-3H3,(H,14,15). The molecular weight excluding hydrogens is 242 g/mol. The summed E-state index contributed by atoms with van der Waals surface area (Å²) in [4.78, 5) is 24.3. The molecule has 1 fully saturated rings. The Kier molecular flexibility index (Phi) is 4.68. The van der Waals surface area contributed by atoms with Gasteiger partial charge in [0.1, 0.15) is 11.0 Å². The maximum absolute atomic E-state index is 11.9. The second-order valence-electron chi connectivity index (χ2n) is 4.76. The number of carbonyl (C=O) groups is 2. The zero-order chi connectivity index (χ0) is 13.2. The van der Waals surface area contributed by atoms with Gasteiger partial charge in [0, 0.05) is 23.9 Å². The highest BCUT2D eigenvalue weighted by atomic mass is 32.2. The molecule has 2 unspecified atom stereocenters. The van der Waals surface area contributed by atoms with Gasteiger partial charge < -0.3 is 10.0 Å². The molecule has 1 saturated carbocycles. The van der Waals surface area contributed by atoms with E-state index in [9.17, 15) is 13.8 Å². The molecule has 0 bridgehead atoms. The molecule has 1 N–H and O–H groups in total. The fraction of sp³-hybridized carbons (Fsp3) is 0.818. The SMILES string of the molecule is CC(C)C(C(=O)O)S(=O)CC(=O)N(C)C1CC1. The number of hydrogen-bond acceptors (Lipinski definition) is 3. The van der Waals surface area contributed by atoms with Crippen molar-refractivity contribution in [3.05, 3.63) is 0 Å². The van der Waals surface area contributed by atoms with Crippen LogP contribution >= 0.6 is 0 Å². The largest absolute Gasteiger partial charge is 0.480 e. The van der Waals surface area contributed by atoms with Gasteiger partial charge in [-0.1, -0.05) is 13.8 Å². The number of carbonyl (C=O) groups excluding carboxylic acids is 1. The van der Waals surface area contributed by atoms with E-state index in [2.05, 4.69) is 0 Å². The van der Waals surface area contributed by atoms with E-state index in [0.717, 1.165) is 12.8 Å². The van der Waals surface area contributed by atoms with Crippen molar-refractivity contribution in [1.82, 2.24) is 4.90 Å². The topological polar surface area (TPSA) is 74.7 Å². The summed E-state index contributed by atoms with van der Waals surface area (Å²) in [6.45, 7) is 3.40. The zero-order valence-corrected chi connectivity index (χ0v) is 11.2. The van der Waals surface area contributed by atoms with E-state index in [0.29, 0.717) is 0 Å². The second kappa shape index (κ2) is 5.62. The van der Waals surface area contributed by atoms with E-state index in [1.807, 2.05) is 0 Å². The van der Waals surface area contributed by atoms with Crippen molar-refractivity contribution in [3.63, 3.8) is 0 Å². The van der Waals surface area contributed by atoms with Gasteiger partial charge in [0.2, 0.25) is 5.91 Å². The van der Waals surface area contributed by atoms with Crippen LogP contribution in [0.5, 0.6) is 0 Å². The molecule has 1 aliphatic carbocycles. The van der Waals surface area contributed by atoms with E-state index >= 15 is 0 Å². The first-order valence-corrected chi connectivity index (χ1v) is 7.08. The summed E-state index contributed by atoms with van der Waals surface area (Å²) in [7, 11) is 0.0347. The predicted octanol–water partition coefficient (Wildman–Crippen LogP) is 0.465. The highest BCUT2D eigenvalue weighted by Crippen LogP contribution is 2.25. The Labute approximate surface area is 104 Å². The molecule has 1 aliphatic rings. The molecule has 0 aromatic rings. The third-order valence-corrected chi connectivity index (χ3v) is 4.73. The number of nitrogens with zero attached hydrogens (tertiary/aromatic N) is 1. The molecule has 0 aliphatic heterocycles. The van der Waals surface area contributed by atoms with Gasteiger partial charge in [0.25, 0.3) is 0 Å². The molecule has 17 heavy (non-hydrogen) atoms. The van der Waals surface area contributed by atoms with Crippen molar-refractivity contribution in [2.75, 3.05) is 12.8 Å². The minimum Gasteiger partial charge on any atom is -0.480 e. The zero-order valence-electron chi connectivity index (χ0n) is 10.4. The number of carboxylic acid groups (broad SMARTS) is 1. The Balaban J connectivity index is 2.57. The average Bonchev–Trinajstić information content (AvgIpc) is 2.97. The number of rotatable bonds is 6. The van der Waals surface area contributed by atoms with Gasteiger partial charge in [0.15, 0.2) is 0 Å². The van der Waals surface area contributed by atoms with E-state index in [1.165, 1.54) is 0 Å². The highest BCUT2D eigenvalue weighted by molar-refractivity contribution is 7.87. The highest BCUT2D eigenvalue weighted by Gasteiger charge is 2.33. The molecule has 0 heterocycles. The Morgan fingerprint density at radius 2 is 1.94 bits per heavy atom. The molecule has 6 heteroatoms. The lowest BCUT2D eigenvalue weighted by Crippen LogP contribution is -2.39. The third-order valence-electron chi connectivity index (χ3n) is 2.89. The van der Waals surface area contributed by atoms with Crippen molar-refractivity contribution in [3.8, 4) is 0 Å². The summed E-state index contributed by atoms with van der Waals surface area (Å²) >= 11 is 0. The van der Waals surface area contributed by atoms with Crippen LogP contribution in [0.4, 0.5) is 0 Å². The lowest BCUT2D eigenvalue weighted by atomic mass is 10.1. The van der Waals surface area contributed by atoms with Gasteiger partial charge in [-0.25, -0.2) is 0 Å². The van der Waals surface area contributed by atoms with E-state index in [1.54, 1.807) is 25.8 Å². The Morgan fingerprint density at radius 3 is 2.29 bits per heavy atom. The van der Waals surface area contributed by atoms with Gasteiger partial charge >= 0.3 is 5.97 Å². The van der Waals surface area contributed by atoms with Crippen LogP contribution in [0.15, 0.2) is 0 Å². The lowest BCUT2D eigenvalue weighted by molar-refractivity contribution is -0.137. The van der Waals surface area contributed by atoms with E-state index < -0.39 is 22.0 Å². The minimum atomic E-state index is -1.65. The van der Waals surface area contributed by atoms with Crippen LogP contribution in [0.1, 0.15) is 26.7 Å². The smallest absolute Gasteiger partial charge is 0.319 e. The van der Waals surface area contributed by atoms with Crippen LogP contribution in [-0.2, 0) is 20.4 Å². The monoisotopic (exact) mass is 261 g/mol. The maximum atomic E-state index is 11.9. The Morgan fingerprint density at radius 1 is 1.41 bits per heavy atom. The van der Waals surface area contributed by atoms with Crippen LogP contribution < -0.4 is 0 Å². The van der Waals surface area contributed by atoms with Crippen molar-refractivity contribution in [1.29, 1.82) is 0 Å². The van der Waals surface area contributed by atoms with Gasteiger partial charge in [-0.15, -0.1) is 0 Å². The van der Waals surface area contributed by atoms with Crippen molar-refractivity contribution < 1.29 is 18.9 Å². The summed E-state index contributed by atoms with van der Waals surface area (Å²) in [5, 5.41) is 8.00. The number of carboxylic acids is 1. The van der Waals surface area contributed by atoms with Crippen LogP contribution in [0.3, 0.4) is 0 Å². The average molecular weight is 261 g/mol. The molecule has 98 valence electrons. The summed E-state index contributed by atoms with van der Waals surface area (Å²) in [5.41, 5.74) is 0. The summed E-state index contributed by atoms with van der Waals surface area (Å²) < 4.78 is 11.9. The summed E-state index contributed by atoms with van der Waals surface area (Å²) in [5.74, 6) is -1.76. The molecule has 0 spiro atoms. The fourth-order valence-electron chi connectivity index (χ4n) is 1.68. The van der Waals surface area contributed by atoms with Gasteiger partial charge in [-0.2, -0.15) is 0 Å². The first-order valence-electron chi connectivity index (χ1n) is 5.70. The molecular formula is C11H19NO4S. The lowest BCUT2D eigenvalue weighted by Gasteiger charge is -2.19. The van der Waals surface area contributed by atoms with E-state index in [-0.39, 0.29) is 23.6 Å². The van der Waals surface area contributed by atoms with Crippen molar-refractivity contribution in [2.45, 2.75) is 38.0 Å². The van der Waals surface area contributed by atoms with Crippen LogP contribution in [0.25, 0.3) is 0 Å². The number of amides is 1. The van der Waals surface area contributed by atoms with E-state index in [4.69, 9.17) is 5.11 Å². The Bertz CT molecular complexity index is 338. The molecule has 0 aromatic heterocycles. The fourth-order valence-corrected chi connectivity index (χ4v) is 3.14. The summed E-state index contributed by atoms with van der Waals surface area (Å²) in [6, 6.07) is 0.266.